The third-order valence-electron chi connectivity index (χ3n) is 1.31. The molecule has 1 unspecified atom stereocenters. The molecule has 1 heterocycles. The lowest BCUT2D eigenvalue weighted by atomic mass is 10.4. The number of hydrogen-bond donors (Lipinski definition) is 1. The van der Waals surface area contributed by atoms with Crippen LogP contribution in [0.15, 0.2) is 11.1 Å². The summed E-state index contributed by atoms with van der Waals surface area (Å²) in [5.74, 6) is 0. The Morgan fingerprint density at radius 2 is 2.15 bits per heavy atom. The van der Waals surface area contributed by atoms with E-state index < -0.39 is 23.0 Å². The van der Waals surface area contributed by atoms with Crippen LogP contribution >= 0.6 is 0 Å². The van der Waals surface area contributed by atoms with E-state index in [1.54, 1.807) is 0 Å². The highest BCUT2D eigenvalue weighted by molar-refractivity contribution is 7.79. The first-order valence-corrected chi connectivity index (χ1v) is 4.15. The molecular weight excluding hydrogens is 209 g/mol. The molecule has 0 aliphatic carbocycles. The summed E-state index contributed by atoms with van der Waals surface area (Å²) < 4.78 is 55.7. The van der Waals surface area contributed by atoms with Crippen molar-refractivity contribution in [3.8, 4) is 0 Å². The fourth-order valence-corrected chi connectivity index (χ4v) is 1.23. The van der Waals surface area contributed by atoms with Gasteiger partial charge < -0.3 is 4.55 Å². The van der Waals surface area contributed by atoms with Crippen molar-refractivity contribution in [1.29, 1.82) is 0 Å². The maximum atomic E-state index is 12.0. The van der Waals surface area contributed by atoms with Crippen LogP contribution in [0.4, 0.5) is 13.2 Å². The monoisotopic (exact) mass is 214 g/mol. The zero-order valence-corrected chi connectivity index (χ0v) is 7.19. The minimum atomic E-state index is -4.59. The third-order valence-corrected chi connectivity index (χ3v) is 2.05. The van der Waals surface area contributed by atoms with Crippen LogP contribution in [0.1, 0.15) is 5.69 Å². The normalized spacial score (nSPS) is 14.5. The van der Waals surface area contributed by atoms with E-state index in [4.69, 9.17) is 4.55 Å². The maximum absolute atomic E-state index is 12.0. The van der Waals surface area contributed by atoms with Crippen LogP contribution < -0.4 is 0 Å². The van der Waals surface area contributed by atoms with Gasteiger partial charge in [0.2, 0.25) is 11.1 Å². The molecule has 0 saturated heterocycles. The minimum Gasteiger partial charge on any atom is -0.301 e. The van der Waals surface area contributed by atoms with Crippen LogP contribution in [0.3, 0.4) is 0 Å². The van der Waals surface area contributed by atoms with Gasteiger partial charge in [0, 0.05) is 13.1 Å². The molecule has 8 heteroatoms. The maximum Gasteiger partial charge on any atom is 0.435 e. The van der Waals surface area contributed by atoms with Gasteiger partial charge in [0.25, 0.3) is 0 Å². The summed E-state index contributed by atoms with van der Waals surface area (Å²) in [6, 6.07) is 0.538. The Morgan fingerprint density at radius 3 is 2.38 bits per heavy atom. The smallest absolute Gasteiger partial charge is 0.301 e. The highest BCUT2D eigenvalue weighted by Crippen LogP contribution is 2.28. The van der Waals surface area contributed by atoms with Gasteiger partial charge in [0.15, 0.2) is 10.7 Å². The van der Waals surface area contributed by atoms with Crippen molar-refractivity contribution < 1.29 is 21.9 Å². The van der Waals surface area contributed by atoms with Crippen LogP contribution in [0.2, 0.25) is 0 Å². The van der Waals surface area contributed by atoms with Crippen molar-refractivity contribution in [2.75, 3.05) is 0 Å². The van der Waals surface area contributed by atoms with Crippen molar-refractivity contribution >= 4 is 11.1 Å². The van der Waals surface area contributed by atoms with Crippen LogP contribution in [0.5, 0.6) is 0 Å². The van der Waals surface area contributed by atoms with Gasteiger partial charge in [-0.15, -0.1) is 0 Å². The first-order valence-electron chi connectivity index (χ1n) is 3.04. The van der Waals surface area contributed by atoms with Gasteiger partial charge in [-0.25, -0.2) is 4.21 Å². The number of aryl methyl sites for hydroxylation is 1. The second-order valence-electron chi connectivity index (χ2n) is 2.24. The molecule has 0 bridgehead atoms. The fourth-order valence-electron chi connectivity index (χ4n) is 0.752. The zero-order valence-electron chi connectivity index (χ0n) is 6.37. The predicted octanol–water partition coefficient (Wildman–Crippen LogP) is 1.02. The number of hydrogen-bond acceptors (Lipinski definition) is 2. The zero-order chi connectivity index (χ0) is 10.2. The van der Waals surface area contributed by atoms with Crippen LogP contribution in [0.25, 0.3) is 0 Å². The molecule has 0 aliphatic heterocycles. The van der Waals surface area contributed by atoms with Gasteiger partial charge in [-0.1, -0.05) is 0 Å². The average Bonchev–Trinajstić information content (AvgIpc) is 2.29. The van der Waals surface area contributed by atoms with Crippen molar-refractivity contribution in [1.82, 2.24) is 9.78 Å². The largest absolute Gasteiger partial charge is 0.435 e. The molecule has 4 nitrogen and oxygen atoms in total. The summed E-state index contributed by atoms with van der Waals surface area (Å²) in [6.07, 6.45) is -4.59. The van der Waals surface area contributed by atoms with Crippen molar-refractivity contribution in [3.63, 3.8) is 0 Å². The van der Waals surface area contributed by atoms with E-state index in [0.29, 0.717) is 6.07 Å². The quantitative estimate of drug-likeness (QED) is 0.710. The average molecular weight is 214 g/mol. The molecule has 0 amide bonds. The molecule has 1 atom stereocenters. The predicted molar refractivity (Wildman–Crippen MR) is 37.2 cm³/mol. The topological polar surface area (TPSA) is 55.1 Å². The Bertz CT molecular complexity index is 346. The molecule has 74 valence electrons. The van der Waals surface area contributed by atoms with Gasteiger partial charge in [0.05, 0.1) is 0 Å². The summed E-state index contributed by atoms with van der Waals surface area (Å²) in [5, 5.41) is 2.66. The molecule has 0 fully saturated rings. The number of rotatable bonds is 1. The summed E-state index contributed by atoms with van der Waals surface area (Å²) in [7, 11) is 1.17. The summed E-state index contributed by atoms with van der Waals surface area (Å²) in [6.45, 7) is 0. The fraction of sp³-hybridized carbons (Fsp3) is 0.400. The molecule has 1 aromatic rings. The van der Waals surface area contributed by atoms with Gasteiger partial charge in [-0.2, -0.15) is 18.3 Å². The second-order valence-corrected chi connectivity index (χ2v) is 3.15. The first kappa shape index (κ1) is 10.2. The van der Waals surface area contributed by atoms with E-state index in [2.05, 4.69) is 5.10 Å². The summed E-state index contributed by atoms with van der Waals surface area (Å²) >= 11 is -2.45. The van der Waals surface area contributed by atoms with Gasteiger partial charge >= 0.3 is 6.18 Å². The SMILES string of the molecule is Cn1nc(C(F)(F)F)cc1S(=O)O. The molecule has 0 saturated carbocycles. The van der Waals surface area contributed by atoms with E-state index in [1.165, 1.54) is 7.05 Å². The molecule has 1 N–H and O–H groups in total. The molecule has 0 aliphatic rings. The lowest BCUT2D eigenvalue weighted by molar-refractivity contribution is -0.141. The van der Waals surface area contributed by atoms with Gasteiger partial charge in [0.1, 0.15) is 0 Å². The molecule has 0 aromatic carbocycles. The Labute approximate surface area is 73.6 Å². The lowest BCUT2D eigenvalue weighted by Crippen LogP contribution is -2.06. The molecule has 13 heavy (non-hydrogen) atoms. The van der Waals surface area contributed by atoms with Crippen LogP contribution in [0, 0.1) is 0 Å². The van der Waals surface area contributed by atoms with Crippen LogP contribution in [-0.4, -0.2) is 18.5 Å². The molecular formula is C5H5F3N2O2S. The Hall–Kier alpha value is -0.890. The lowest BCUT2D eigenvalue weighted by Gasteiger charge is -1.98. The highest BCUT2D eigenvalue weighted by atomic mass is 32.2. The number of halogens is 3. The minimum absolute atomic E-state index is 0.382. The highest BCUT2D eigenvalue weighted by Gasteiger charge is 2.35. The number of alkyl halides is 3. The third kappa shape index (κ3) is 2.07. The number of nitrogens with zero attached hydrogens (tertiary/aromatic N) is 2. The van der Waals surface area contributed by atoms with E-state index >= 15 is 0 Å². The van der Waals surface area contributed by atoms with Gasteiger partial charge in [-0.05, 0) is 0 Å². The van der Waals surface area contributed by atoms with E-state index in [0.717, 1.165) is 4.68 Å². The van der Waals surface area contributed by atoms with Crippen molar-refractivity contribution in [3.05, 3.63) is 11.8 Å². The molecule has 0 spiro atoms. The Balaban J connectivity index is 3.17. The van der Waals surface area contributed by atoms with E-state index in [1.807, 2.05) is 0 Å². The first-order chi connectivity index (χ1) is 5.82. The molecule has 1 rings (SSSR count). The van der Waals surface area contributed by atoms with Crippen molar-refractivity contribution in [2.24, 2.45) is 7.05 Å². The second kappa shape index (κ2) is 3.11. The summed E-state index contributed by atoms with van der Waals surface area (Å²) in [4.78, 5) is 0. The number of aromatic nitrogens is 2. The van der Waals surface area contributed by atoms with Gasteiger partial charge in [-0.3, -0.25) is 4.68 Å². The Kier molecular flexibility index (Phi) is 2.44. The van der Waals surface area contributed by atoms with E-state index in [-0.39, 0.29) is 5.03 Å². The summed E-state index contributed by atoms with van der Waals surface area (Å²) in [5.41, 5.74) is -1.17. The van der Waals surface area contributed by atoms with Crippen LogP contribution in [-0.2, 0) is 24.3 Å². The Morgan fingerprint density at radius 1 is 1.62 bits per heavy atom. The standard InChI is InChI=1S/C5H5F3N2O2S/c1-10-4(13(11)12)2-3(9-10)5(6,7)8/h2H,1H3,(H,11,12). The molecule has 1 aromatic heterocycles. The van der Waals surface area contributed by atoms with Crippen molar-refractivity contribution in [2.45, 2.75) is 11.2 Å². The van der Waals surface area contributed by atoms with E-state index in [9.17, 15) is 17.4 Å². The molecule has 0 radical (unpaired) electrons.